The summed E-state index contributed by atoms with van der Waals surface area (Å²) >= 11 is 0. The molecule has 0 bridgehead atoms. The maximum atomic E-state index is 13.6. The number of alkyl halides is 3. The highest BCUT2D eigenvalue weighted by molar-refractivity contribution is 5.97. The monoisotopic (exact) mass is 850 g/mol. The number of aromatic nitrogens is 1. The van der Waals surface area contributed by atoms with Gasteiger partial charge in [-0.3, -0.25) is 24.3 Å². The number of anilines is 1. The maximum absolute atomic E-state index is 13.6. The van der Waals surface area contributed by atoms with Gasteiger partial charge in [-0.2, -0.15) is 13.2 Å². The number of nitrogens with one attached hydrogen (secondary N) is 2. The summed E-state index contributed by atoms with van der Waals surface area (Å²) < 4.78 is 58.7. The average molecular weight is 851 g/mol. The van der Waals surface area contributed by atoms with Crippen molar-refractivity contribution in [2.24, 2.45) is 0 Å². The number of hydrogen-bond acceptors (Lipinski definition) is 10. The molecule has 1 aliphatic carbocycles. The van der Waals surface area contributed by atoms with Crippen LogP contribution in [0.3, 0.4) is 0 Å². The Morgan fingerprint density at radius 3 is 2.62 bits per heavy atom. The Morgan fingerprint density at radius 1 is 1.02 bits per heavy atom. The van der Waals surface area contributed by atoms with Crippen LogP contribution in [-0.2, 0) is 44.6 Å². The molecule has 0 atom stereocenters. The summed E-state index contributed by atoms with van der Waals surface area (Å²) in [5.41, 5.74) is 1.52. The number of morpholine rings is 1. The number of phenolic OH excluding ortho intramolecular Hbond substituents is 1. The van der Waals surface area contributed by atoms with E-state index < -0.39 is 28.8 Å². The van der Waals surface area contributed by atoms with Gasteiger partial charge in [-0.05, 0) is 73.9 Å². The predicted octanol–water partition coefficient (Wildman–Crippen LogP) is 5.59. The lowest BCUT2D eigenvalue weighted by molar-refractivity contribution is -0.139. The third-order valence-corrected chi connectivity index (χ3v) is 12.3. The Morgan fingerprint density at radius 2 is 1.82 bits per heavy atom. The summed E-state index contributed by atoms with van der Waals surface area (Å²) in [5, 5.41) is 16.3. The van der Waals surface area contributed by atoms with Crippen molar-refractivity contribution >= 4 is 23.4 Å². The second-order valence-corrected chi connectivity index (χ2v) is 16.5. The Hall–Kier alpha value is -4.77. The van der Waals surface area contributed by atoms with E-state index in [1.165, 1.54) is 16.9 Å². The SMILES string of the molecule is O=C1COc2c(CCNCCN(C(=O)CCOCCc3cccc(CN4CCC5(CC4)CN(C(=O)c4cnccc4C(F)(F)F)CCO5)c3)C3CCCCC3)ccc(O)c2N1. The summed E-state index contributed by atoms with van der Waals surface area (Å²) in [6.45, 7) is 5.62. The highest BCUT2D eigenvalue weighted by Gasteiger charge is 2.43. The van der Waals surface area contributed by atoms with Crippen molar-refractivity contribution in [1.82, 2.24) is 25.0 Å². The van der Waals surface area contributed by atoms with E-state index in [0.717, 1.165) is 74.9 Å². The molecular formula is C45H57F3N6O7. The minimum Gasteiger partial charge on any atom is -0.506 e. The molecule has 7 rings (SSSR count). The number of nitrogens with zero attached hydrogens (tertiary/aromatic N) is 4. The van der Waals surface area contributed by atoms with Gasteiger partial charge in [-0.1, -0.05) is 49.6 Å². The van der Waals surface area contributed by atoms with E-state index in [1.807, 2.05) is 11.0 Å². The standard InChI is InChI=1S/C45H57F3N6O7/c46-45(47,48)37-12-18-50-28-36(37)43(58)53-23-26-61-44(31-53)15-20-52(21-16-44)29-33-6-4-5-32(27-33)13-24-59-25-14-40(57)54(35-7-2-1-3-8-35)22-19-49-17-11-34-9-10-38(55)41-42(34)60-30-39(56)51-41/h4-6,9-10,12,18,27-28,35,49,55H,1-3,7-8,11,13-17,19-26,29-31H2,(H,51,56). The van der Waals surface area contributed by atoms with E-state index in [4.69, 9.17) is 14.2 Å². The number of phenols is 1. The van der Waals surface area contributed by atoms with Crippen molar-refractivity contribution in [3.8, 4) is 11.5 Å². The smallest absolute Gasteiger partial charge is 0.417 e. The number of fused-ring (bicyclic) bond motifs is 1. The number of pyridine rings is 1. The zero-order chi connectivity index (χ0) is 42.8. The molecule has 1 saturated carbocycles. The summed E-state index contributed by atoms with van der Waals surface area (Å²) in [5.74, 6) is -0.380. The van der Waals surface area contributed by atoms with Crippen LogP contribution in [0.25, 0.3) is 0 Å². The molecule has 4 aliphatic rings. The fourth-order valence-electron chi connectivity index (χ4n) is 9.02. The topological polar surface area (TPSA) is 146 Å². The third-order valence-electron chi connectivity index (χ3n) is 12.3. The fourth-order valence-corrected chi connectivity index (χ4v) is 9.02. The maximum Gasteiger partial charge on any atom is 0.417 e. The summed E-state index contributed by atoms with van der Waals surface area (Å²) in [6.07, 6.45) is 5.89. The second-order valence-electron chi connectivity index (χ2n) is 16.5. The van der Waals surface area contributed by atoms with Gasteiger partial charge in [0.15, 0.2) is 12.4 Å². The van der Waals surface area contributed by atoms with Crippen LogP contribution in [0, 0.1) is 0 Å². The number of halogens is 3. The van der Waals surface area contributed by atoms with Gasteiger partial charge in [-0.25, -0.2) is 0 Å². The van der Waals surface area contributed by atoms with E-state index >= 15 is 0 Å². The number of hydrogen-bond donors (Lipinski definition) is 3. The van der Waals surface area contributed by atoms with Gasteiger partial charge in [0.2, 0.25) is 5.91 Å². The lowest BCUT2D eigenvalue weighted by atomic mass is 9.88. The van der Waals surface area contributed by atoms with Crippen molar-refractivity contribution in [3.63, 3.8) is 0 Å². The number of amides is 3. The number of aromatic hydroxyl groups is 1. The van der Waals surface area contributed by atoms with Gasteiger partial charge in [-0.15, -0.1) is 0 Å². The molecule has 0 unspecified atom stereocenters. The largest absolute Gasteiger partial charge is 0.506 e. The van der Waals surface area contributed by atoms with Crippen LogP contribution in [-0.4, -0.2) is 126 Å². The molecule has 3 aliphatic heterocycles. The molecule has 13 nitrogen and oxygen atoms in total. The zero-order valence-corrected chi connectivity index (χ0v) is 34.6. The summed E-state index contributed by atoms with van der Waals surface area (Å²) in [6, 6.07) is 12.8. The number of rotatable bonds is 16. The quantitative estimate of drug-likeness (QED) is 0.123. The fraction of sp³-hybridized carbons (Fsp3) is 0.556. The third kappa shape index (κ3) is 11.6. The molecule has 2 saturated heterocycles. The molecule has 61 heavy (non-hydrogen) atoms. The molecular weight excluding hydrogens is 794 g/mol. The molecule has 0 radical (unpaired) electrons. The molecule has 330 valence electrons. The number of carbonyl (C=O) groups excluding carboxylic acids is 3. The normalized spacial score (nSPS) is 18.3. The Balaban J connectivity index is 0.820. The van der Waals surface area contributed by atoms with Gasteiger partial charge in [0, 0.05) is 57.7 Å². The van der Waals surface area contributed by atoms with E-state index in [2.05, 4.69) is 38.7 Å². The molecule has 16 heteroatoms. The summed E-state index contributed by atoms with van der Waals surface area (Å²) in [4.78, 5) is 48.2. The number of piperidine rings is 1. The molecule has 3 N–H and O–H groups in total. The van der Waals surface area contributed by atoms with Gasteiger partial charge >= 0.3 is 6.18 Å². The van der Waals surface area contributed by atoms with Gasteiger partial charge in [0.25, 0.3) is 11.8 Å². The van der Waals surface area contributed by atoms with Crippen molar-refractivity contribution < 1.29 is 46.9 Å². The van der Waals surface area contributed by atoms with E-state index in [0.29, 0.717) is 76.4 Å². The number of likely N-dealkylation sites (tertiary alicyclic amines) is 1. The second kappa shape index (κ2) is 20.4. The van der Waals surface area contributed by atoms with Crippen molar-refractivity contribution in [1.29, 1.82) is 0 Å². The van der Waals surface area contributed by atoms with E-state index in [1.54, 1.807) is 12.1 Å². The van der Waals surface area contributed by atoms with Crippen LogP contribution in [0.1, 0.15) is 84.0 Å². The molecule has 1 aromatic heterocycles. The molecule has 3 fully saturated rings. The van der Waals surface area contributed by atoms with Gasteiger partial charge in [0.1, 0.15) is 11.4 Å². The van der Waals surface area contributed by atoms with Crippen LogP contribution < -0.4 is 15.4 Å². The first-order chi connectivity index (χ1) is 29.5. The number of benzene rings is 2. The van der Waals surface area contributed by atoms with Gasteiger partial charge < -0.3 is 39.8 Å². The molecule has 1 spiro atoms. The zero-order valence-electron chi connectivity index (χ0n) is 34.6. The Bertz CT molecular complexity index is 1990. The van der Waals surface area contributed by atoms with Crippen molar-refractivity contribution in [2.45, 2.75) is 88.6 Å². The molecule has 3 aromatic rings. The molecule has 4 heterocycles. The minimum absolute atomic E-state index is 0.0237. The molecule has 2 aromatic carbocycles. The Labute approximate surface area is 354 Å². The highest BCUT2D eigenvalue weighted by Crippen LogP contribution is 2.39. The van der Waals surface area contributed by atoms with E-state index in [-0.39, 0.29) is 49.9 Å². The van der Waals surface area contributed by atoms with Crippen LogP contribution >= 0.6 is 0 Å². The lowest BCUT2D eigenvalue weighted by Crippen LogP contribution is -2.58. The van der Waals surface area contributed by atoms with Crippen LogP contribution in [0.4, 0.5) is 18.9 Å². The number of ether oxygens (including phenoxy) is 3. The lowest BCUT2D eigenvalue weighted by Gasteiger charge is -2.47. The van der Waals surface area contributed by atoms with Crippen molar-refractivity contribution in [3.05, 3.63) is 82.7 Å². The van der Waals surface area contributed by atoms with E-state index in [9.17, 15) is 32.7 Å². The summed E-state index contributed by atoms with van der Waals surface area (Å²) in [7, 11) is 0. The van der Waals surface area contributed by atoms with Crippen molar-refractivity contribution in [2.75, 3.05) is 77.6 Å². The van der Waals surface area contributed by atoms with Crippen LogP contribution in [0.2, 0.25) is 0 Å². The first kappa shape index (κ1) is 44.3. The average Bonchev–Trinajstić information content (AvgIpc) is 3.26. The first-order valence-electron chi connectivity index (χ1n) is 21.6. The predicted molar refractivity (Wildman–Crippen MR) is 221 cm³/mol. The van der Waals surface area contributed by atoms with Crippen LogP contribution in [0.15, 0.2) is 54.9 Å². The van der Waals surface area contributed by atoms with Gasteiger partial charge in [0.05, 0.1) is 49.5 Å². The van der Waals surface area contributed by atoms with Crippen LogP contribution in [0.5, 0.6) is 11.5 Å². The minimum atomic E-state index is -4.65. The first-order valence-corrected chi connectivity index (χ1v) is 21.6. The number of carbonyl (C=O) groups is 3. The Kier molecular flexibility index (Phi) is 14.8. The highest BCUT2D eigenvalue weighted by atomic mass is 19.4. The molecule has 3 amide bonds.